The summed E-state index contributed by atoms with van der Waals surface area (Å²) in [7, 11) is -3.56. The summed E-state index contributed by atoms with van der Waals surface area (Å²) in [5, 5.41) is 2.79. The van der Waals surface area contributed by atoms with Gasteiger partial charge in [0.2, 0.25) is 5.91 Å². The standard InChI is InChI=1S/C16H18BrN3O3S2/c1-11-6-7-18-14(9-11)19-16(21)12-3-2-8-20(10-12)25(22,23)15-5-4-13(17)24-15/h4-7,9,12H,2-3,8,10H2,1H3,(H,18,19,21). The zero-order chi connectivity index (χ0) is 18.0. The van der Waals surface area contributed by atoms with E-state index in [1.165, 1.54) is 15.6 Å². The van der Waals surface area contributed by atoms with Crippen LogP contribution in [0.2, 0.25) is 0 Å². The summed E-state index contributed by atoms with van der Waals surface area (Å²) in [5.41, 5.74) is 1.00. The number of rotatable bonds is 4. The highest BCUT2D eigenvalue weighted by molar-refractivity contribution is 9.11. The average Bonchev–Trinajstić information content (AvgIpc) is 3.02. The topological polar surface area (TPSA) is 79.4 Å². The van der Waals surface area contributed by atoms with Gasteiger partial charge in [0.05, 0.1) is 9.70 Å². The van der Waals surface area contributed by atoms with Crippen molar-refractivity contribution in [1.29, 1.82) is 0 Å². The first-order valence-electron chi connectivity index (χ1n) is 7.85. The number of nitrogens with zero attached hydrogens (tertiary/aromatic N) is 2. The van der Waals surface area contributed by atoms with Gasteiger partial charge in [0.1, 0.15) is 10.0 Å². The number of anilines is 1. The second-order valence-corrected chi connectivity index (χ2v) is 10.6. The van der Waals surface area contributed by atoms with Crippen molar-refractivity contribution >= 4 is 49.0 Å². The van der Waals surface area contributed by atoms with E-state index in [9.17, 15) is 13.2 Å². The molecule has 0 aromatic carbocycles. The molecule has 1 fully saturated rings. The molecule has 1 N–H and O–H groups in total. The van der Waals surface area contributed by atoms with E-state index in [1.54, 1.807) is 24.4 Å². The summed E-state index contributed by atoms with van der Waals surface area (Å²) >= 11 is 4.47. The molecule has 1 amide bonds. The highest BCUT2D eigenvalue weighted by atomic mass is 79.9. The first-order chi connectivity index (χ1) is 11.9. The molecule has 0 radical (unpaired) electrons. The van der Waals surface area contributed by atoms with Gasteiger partial charge in [0.15, 0.2) is 0 Å². The molecule has 2 aromatic rings. The van der Waals surface area contributed by atoms with Gasteiger partial charge in [-0.1, -0.05) is 0 Å². The maximum atomic E-state index is 12.7. The van der Waals surface area contributed by atoms with Crippen molar-refractivity contribution in [3.8, 4) is 0 Å². The van der Waals surface area contributed by atoms with Crippen molar-refractivity contribution in [2.75, 3.05) is 18.4 Å². The fraction of sp³-hybridized carbons (Fsp3) is 0.375. The van der Waals surface area contributed by atoms with Gasteiger partial charge in [-0.05, 0) is 65.5 Å². The number of carbonyl (C=O) groups is 1. The van der Waals surface area contributed by atoms with Gasteiger partial charge in [0.25, 0.3) is 10.0 Å². The second kappa shape index (κ2) is 7.53. The Morgan fingerprint density at radius 2 is 2.20 bits per heavy atom. The predicted molar refractivity (Wildman–Crippen MR) is 101 cm³/mol. The Balaban J connectivity index is 1.71. The number of amides is 1. The van der Waals surface area contributed by atoms with Crippen LogP contribution in [-0.4, -0.2) is 36.7 Å². The third-order valence-electron chi connectivity index (χ3n) is 4.06. The fourth-order valence-electron chi connectivity index (χ4n) is 2.77. The van der Waals surface area contributed by atoms with Crippen LogP contribution >= 0.6 is 27.3 Å². The summed E-state index contributed by atoms with van der Waals surface area (Å²) in [6.45, 7) is 2.55. The third-order valence-corrected chi connectivity index (χ3v) is 8.02. The number of nitrogens with one attached hydrogen (secondary N) is 1. The van der Waals surface area contributed by atoms with Crippen LogP contribution in [0.25, 0.3) is 0 Å². The van der Waals surface area contributed by atoms with Crippen molar-refractivity contribution in [1.82, 2.24) is 9.29 Å². The van der Waals surface area contributed by atoms with E-state index in [4.69, 9.17) is 0 Å². The lowest BCUT2D eigenvalue weighted by Gasteiger charge is -2.30. The number of hydrogen-bond donors (Lipinski definition) is 1. The predicted octanol–water partition coefficient (Wildman–Crippen LogP) is 3.25. The van der Waals surface area contributed by atoms with Crippen LogP contribution in [0.15, 0.2) is 38.5 Å². The van der Waals surface area contributed by atoms with Crippen LogP contribution in [-0.2, 0) is 14.8 Å². The molecule has 0 saturated carbocycles. The number of thiophene rings is 1. The highest BCUT2D eigenvalue weighted by Crippen LogP contribution is 2.31. The third kappa shape index (κ3) is 4.28. The molecule has 0 bridgehead atoms. The monoisotopic (exact) mass is 443 g/mol. The Morgan fingerprint density at radius 1 is 1.40 bits per heavy atom. The van der Waals surface area contributed by atoms with Crippen LogP contribution < -0.4 is 5.32 Å². The van der Waals surface area contributed by atoms with Gasteiger partial charge >= 0.3 is 0 Å². The lowest BCUT2D eigenvalue weighted by Crippen LogP contribution is -2.43. The molecule has 2 aromatic heterocycles. The van der Waals surface area contributed by atoms with E-state index in [-0.39, 0.29) is 18.4 Å². The van der Waals surface area contributed by atoms with Gasteiger partial charge in [-0.2, -0.15) is 4.31 Å². The van der Waals surface area contributed by atoms with Crippen LogP contribution in [0, 0.1) is 12.8 Å². The fourth-order valence-corrected chi connectivity index (χ4v) is 6.46. The Kier molecular flexibility index (Phi) is 5.57. The van der Waals surface area contributed by atoms with Crippen molar-refractivity contribution in [2.45, 2.75) is 24.0 Å². The van der Waals surface area contributed by atoms with Crippen molar-refractivity contribution in [2.24, 2.45) is 5.92 Å². The Hall–Kier alpha value is -1.29. The maximum Gasteiger partial charge on any atom is 0.252 e. The summed E-state index contributed by atoms with van der Waals surface area (Å²) in [6.07, 6.45) is 2.96. The average molecular weight is 444 g/mol. The summed E-state index contributed by atoms with van der Waals surface area (Å²) in [4.78, 5) is 16.6. The molecule has 1 aliphatic rings. The Morgan fingerprint density at radius 3 is 2.88 bits per heavy atom. The molecule has 3 heterocycles. The minimum absolute atomic E-state index is 0.189. The van der Waals surface area contributed by atoms with Crippen molar-refractivity contribution in [3.05, 3.63) is 39.8 Å². The van der Waals surface area contributed by atoms with Gasteiger partial charge < -0.3 is 5.32 Å². The minimum atomic E-state index is -3.56. The molecule has 1 aliphatic heterocycles. The van der Waals surface area contributed by atoms with Gasteiger partial charge in [-0.25, -0.2) is 13.4 Å². The van der Waals surface area contributed by atoms with Crippen molar-refractivity contribution in [3.63, 3.8) is 0 Å². The minimum Gasteiger partial charge on any atom is -0.310 e. The normalized spacial score (nSPS) is 18.9. The zero-order valence-electron chi connectivity index (χ0n) is 13.6. The molecule has 1 saturated heterocycles. The Labute approximate surface area is 159 Å². The van der Waals surface area contributed by atoms with Crippen molar-refractivity contribution < 1.29 is 13.2 Å². The first-order valence-corrected chi connectivity index (χ1v) is 10.9. The number of aromatic nitrogens is 1. The smallest absolute Gasteiger partial charge is 0.252 e. The lowest BCUT2D eigenvalue weighted by molar-refractivity contribution is -0.120. The number of pyridine rings is 1. The molecule has 0 aliphatic carbocycles. The summed E-state index contributed by atoms with van der Waals surface area (Å²) in [5.74, 6) is -0.0771. The first kappa shape index (κ1) is 18.5. The molecule has 1 unspecified atom stereocenters. The number of halogens is 1. The van der Waals surface area contributed by atoms with E-state index in [0.29, 0.717) is 29.4 Å². The number of sulfonamides is 1. The van der Waals surface area contributed by atoms with Crippen LogP contribution in [0.5, 0.6) is 0 Å². The number of carbonyl (C=O) groups excluding carboxylic acids is 1. The van der Waals surface area contributed by atoms with Crippen LogP contribution in [0.1, 0.15) is 18.4 Å². The Bertz CT molecular complexity index is 882. The molecule has 25 heavy (non-hydrogen) atoms. The zero-order valence-corrected chi connectivity index (χ0v) is 16.8. The van der Waals surface area contributed by atoms with Gasteiger partial charge in [-0.15, -0.1) is 11.3 Å². The molecule has 9 heteroatoms. The van der Waals surface area contributed by atoms with Gasteiger partial charge in [-0.3, -0.25) is 4.79 Å². The molecule has 1 atom stereocenters. The molecule has 134 valence electrons. The van der Waals surface area contributed by atoms with Crippen LogP contribution in [0.3, 0.4) is 0 Å². The number of hydrogen-bond acceptors (Lipinski definition) is 5. The van der Waals surface area contributed by atoms with E-state index in [2.05, 4.69) is 26.2 Å². The van der Waals surface area contributed by atoms with E-state index in [1.807, 2.05) is 13.0 Å². The number of piperidine rings is 1. The molecule has 0 spiro atoms. The van der Waals surface area contributed by atoms with E-state index >= 15 is 0 Å². The molecule has 6 nitrogen and oxygen atoms in total. The summed E-state index contributed by atoms with van der Waals surface area (Å²) < 4.78 is 28.0. The molecular formula is C16H18BrN3O3S2. The second-order valence-electron chi connectivity index (χ2n) is 5.97. The highest BCUT2D eigenvalue weighted by Gasteiger charge is 2.34. The van der Waals surface area contributed by atoms with Crippen LogP contribution in [0.4, 0.5) is 5.82 Å². The quantitative estimate of drug-likeness (QED) is 0.785. The van der Waals surface area contributed by atoms with Gasteiger partial charge in [0, 0.05) is 19.3 Å². The molecular weight excluding hydrogens is 426 g/mol. The van der Waals surface area contributed by atoms with E-state index < -0.39 is 10.0 Å². The molecule has 3 rings (SSSR count). The summed E-state index contributed by atoms with van der Waals surface area (Å²) in [6, 6.07) is 6.95. The SMILES string of the molecule is Cc1ccnc(NC(=O)C2CCCN(S(=O)(=O)c3ccc(Br)s3)C2)c1. The maximum absolute atomic E-state index is 12.7. The lowest BCUT2D eigenvalue weighted by atomic mass is 9.99. The van der Waals surface area contributed by atoms with E-state index in [0.717, 1.165) is 9.35 Å². The largest absolute Gasteiger partial charge is 0.310 e. The number of aryl methyl sites for hydroxylation is 1.